The number of nitrogens with two attached hydrogens (primary N) is 1. The predicted octanol–water partition coefficient (Wildman–Crippen LogP) is 0.675. The summed E-state index contributed by atoms with van der Waals surface area (Å²) in [5, 5.41) is 12.7. The van der Waals surface area contributed by atoms with Crippen molar-refractivity contribution in [3.63, 3.8) is 0 Å². The van der Waals surface area contributed by atoms with Crippen LogP contribution in [-0.2, 0) is 14.2 Å². The average molecular weight is 431 g/mol. The summed E-state index contributed by atoms with van der Waals surface area (Å²) in [5.41, 5.74) is 13.3. The third-order valence-corrected chi connectivity index (χ3v) is 3.72. The number of nitrogens with zero attached hydrogens (tertiary/aromatic N) is 6. The lowest BCUT2D eigenvalue weighted by Gasteiger charge is -2.15. The molecule has 0 radical (unpaired) electrons. The van der Waals surface area contributed by atoms with E-state index in [1.165, 1.54) is 6.20 Å². The van der Waals surface area contributed by atoms with Gasteiger partial charge in [0.1, 0.15) is 31.4 Å². The second kappa shape index (κ2) is 10.5. The number of anilines is 1. The number of aromatic nitrogens is 2. The van der Waals surface area contributed by atoms with Gasteiger partial charge in [-0.1, -0.05) is 17.0 Å². The molecule has 30 heavy (non-hydrogen) atoms. The van der Waals surface area contributed by atoms with Gasteiger partial charge in [0.25, 0.3) is 0 Å². The number of nitrogen functional groups attached to an aromatic ring is 1. The van der Waals surface area contributed by atoms with Crippen molar-refractivity contribution in [3.8, 4) is 11.8 Å². The Morgan fingerprint density at radius 3 is 3.00 bits per heavy atom. The quantitative estimate of drug-likeness (QED) is 0.160. The highest BCUT2D eigenvalue weighted by molar-refractivity contribution is 5.50. The summed E-state index contributed by atoms with van der Waals surface area (Å²) < 4.78 is 50.8. The summed E-state index contributed by atoms with van der Waals surface area (Å²) in [7, 11) is 0. The molecule has 0 aromatic carbocycles. The van der Waals surface area contributed by atoms with Gasteiger partial charge >= 0.3 is 12.1 Å². The zero-order valence-corrected chi connectivity index (χ0v) is 15.2. The minimum atomic E-state index is -4.84. The molecule has 1 aliphatic rings. The number of alkyl halides is 3. The van der Waals surface area contributed by atoms with E-state index in [2.05, 4.69) is 36.6 Å². The number of rotatable bonds is 7. The Bertz CT molecular complexity index is 933. The van der Waals surface area contributed by atoms with Crippen LogP contribution in [0.1, 0.15) is 18.2 Å². The molecule has 3 atom stereocenters. The molecule has 1 saturated heterocycles. The number of aliphatic hydroxyl groups is 1. The van der Waals surface area contributed by atoms with Crippen LogP contribution < -0.4 is 11.4 Å². The van der Waals surface area contributed by atoms with Crippen LogP contribution in [0.15, 0.2) is 21.1 Å². The van der Waals surface area contributed by atoms with Gasteiger partial charge in [-0.2, -0.15) is 4.98 Å². The fourth-order valence-electron chi connectivity index (χ4n) is 2.46. The topological polar surface area (TPSA) is 170 Å². The highest BCUT2D eigenvalue weighted by Gasteiger charge is 2.37. The van der Waals surface area contributed by atoms with E-state index in [9.17, 15) is 23.1 Å². The van der Waals surface area contributed by atoms with E-state index in [0.717, 1.165) is 4.57 Å². The molecule has 2 rings (SSSR count). The predicted molar refractivity (Wildman–Crippen MR) is 94.8 cm³/mol. The average Bonchev–Trinajstić information content (AvgIpc) is 3.08. The maximum atomic E-state index is 12.2. The Kier molecular flexibility index (Phi) is 8.01. The molecule has 3 unspecified atom stereocenters. The fourth-order valence-corrected chi connectivity index (χ4v) is 2.46. The Morgan fingerprint density at radius 2 is 2.33 bits per heavy atom. The second-order valence-corrected chi connectivity index (χ2v) is 5.65. The van der Waals surface area contributed by atoms with E-state index < -0.39 is 37.1 Å². The first-order valence-corrected chi connectivity index (χ1v) is 8.24. The van der Waals surface area contributed by atoms with Crippen molar-refractivity contribution in [2.45, 2.75) is 31.2 Å². The van der Waals surface area contributed by atoms with Gasteiger partial charge in [-0.3, -0.25) is 4.57 Å². The van der Waals surface area contributed by atoms with E-state index in [1.54, 1.807) is 0 Å². The molecule has 0 saturated carbocycles. The maximum Gasteiger partial charge on any atom is 0.573 e. The van der Waals surface area contributed by atoms with Crippen molar-refractivity contribution < 1.29 is 32.5 Å². The minimum Gasteiger partial charge on any atom is -0.395 e. The zero-order chi connectivity index (χ0) is 22.1. The van der Waals surface area contributed by atoms with Crippen LogP contribution >= 0.6 is 0 Å². The van der Waals surface area contributed by atoms with Gasteiger partial charge in [-0.25, -0.2) is 9.79 Å². The molecule has 0 amide bonds. The number of halogens is 3. The third kappa shape index (κ3) is 6.64. The lowest BCUT2D eigenvalue weighted by atomic mass is 10.2. The number of aliphatic hydroxyl groups excluding tert-OH is 1. The van der Waals surface area contributed by atoms with E-state index in [0.29, 0.717) is 0 Å². The van der Waals surface area contributed by atoms with E-state index >= 15 is 0 Å². The minimum absolute atomic E-state index is 0.115. The first-order valence-electron chi connectivity index (χ1n) is 8.24. The molecule has 0 aliphatic carbocycles. The molecule has 0 spiro atoms. The van der Waals surface area contributed by atoms with Crippen LogP contribution in [0.5, 0.6) is 0 Å². The monoisotopic (exact) mass is 431 g/mol. The lowest BCUT2D eigenvalue weighted by Crippen LogP contribution is -2.29. The van der Waals surface area contributed by atoms with Gasteiger partial charge < -0.3 is 25.1 Å². The van der Waals surface area contributed by atoms with Gasteiger partial charge in [0.2, 0.25) is 0 Å². The van der Waals surface area contributed by atoms with Crippen molar-refractivity contribution in [1.82, 2.24) is 9.55 Å². The van der Waals surface area contributed by atoms with Crippen molar-refractivity contribution in [1.29, 1.82) is 0 Å². The Balaban J connectivity index is 2.12. The molecule has 1 aromatic heterocycles. The van der Waals surface area contributed by atoms with Gasteiger partial charge in [0.15, 0.2) is 6.40 Å². The van der Waals surface area contributed by atoms with Crippen LogP contribution in [-0.4, -0.2) is 59.5 Å². The molecular weight excluding hydrogens is 415 g/mol. The Hall–Kier alpha value is -3.31. The summed E-state index contributed by atoms with van der Waals surface area (Å²) in [6, 6.07) is 0. The maximum absolute atomic E-state index is 12.2. The molecule has 2 heterocycles. The summed E-state index contributed by atoms with van der Waals surface area (Å²) in [5.74, 6) is 4.80. The molecule has 162 valence electrons. The fraction of sp³-hybridized carbons (Fsp3) is 0.533. The smallest absolute Gasteiger partial charge is 0.395 e. The summed E-state index contributed by atoms with van der Waals surface area (Å²) in [6.45, 7) is -1.01. The summed E-state index contributed by atoms with van der Waals surface area (Å²) >= 11 is 0. The Labute approximate surface area is 166 Å². The van der Waals surface area contributed by atoms with Gasteiger partial charge in [-0.05, 0) is 5.53 Å². The lowest BCUT2D eigenvalue weighted by molar-refractivity contribution is -0.280. The first kappa shape index (κ1) is 23.0. The van der Waals surface area contributed by atoms with Crippen LogP contribution in [0.2, 0.25) is 0 Å². The van der Waals surface area contributed by atoms with Crippen molar-refractivity contribution >= 4 is 12.2 Å². The third-order valence-electron chi connectivity index (χ3n) is 3.72. The molecule has 0 bridgehead atoms. The number of ether oxygens (including phenoxy) is 3. The van der Waals surface area contributed by atoms with Crippen LogP contribution in [0, 0.1) is 11.8 Å². The first-order chi connectivity index (χ1) is 14.2. The highest BCUT2D eigenvalue weighted by atomic mass is 19.4. The molecule has 1 aliphatic heterocycles. The van der Waals surface area contributed by atoms with Crippen LogP contribution in [0.4, 0.5) is 19.0 Å². The summed E-state index contributed by atoms with van der Waals surface area (Å²) in [4.78, 5) is 21.7. The second-order valence-electron chi connectivity index (χ2n) is 5.65. The van der Waals surface area contributed by atoms with Gasteiger partial charge in [0, 0.05) is 17.5 Å². The standard InChI is InChI=1S/C15H16F3N7O5/c16-15(17,18)29-7-21-3-1-2-9-5-25(14(27)23-13(9)19)12-4-10(11(6-26)30-12)28-8-22-24-20/h5,7,10-12,26H,3-4,6,8H2,(H2,19,23,27). The molecule has 1 aromatic rings. The number of hydrogen-bond donors (Lipinski definition) is 2. The summed E-state index contributed by atoms with van der Waals surface area (Å²) in [6.07, 6.45) is -5.49. The van der Waals surface area contributed by atoms with E-state index in [4.69, 9.17) is 20.7 Å². The van der Waals surface area contributed by atoms with E-state index in [1.807, 2.05) is 0 Å². The molecule has 1 fully saturated rings. The molecule has 3 N–H and O–H groups in total. The Morgan fingerprint density at radius 1 is 1.57 bits per heavy atom. The number of hydrogen-bond acceptors (Lipinski definition) is 9. The molecule has 12 nitrogen and oxygen atoms in total. The van der Waals surface area contributed by atoms with Crippen molar-refractivity contribution in [2.75, 3.05) is 25.6 Å². The molecule has 15 heteroatoms. The SMILES string of the molecule is [N-]=[N+]=NCOC1CC(n2cc(C#CCN=COC(F)(F)F)c(N)nc2=O)OC1CO. The van der Waals surface area contributed by atoms with Crippen molar-refractivity contribution in [3.05, 3.63) is 32.7 Å². The van der Waals surface area contributed by atoms with Crippen LogP contribution in [0.3, 0.4) is 0 Å². The number of aliphatic imine (C=N–C) groups is 1. The normalized spacial score (nSPS) is 21.1. The van der Waals surface area contributed by atoms with Gasteiger partial charge in [0.05, 0.1) is 18.3 Å². The van der Waals surface area contributed by atoms with Crippen LogP contribution in [0.25, 0.3) is 10.4 Å². The van der Waals surface area contributed by atoms with Crippen molar-refractivity contribution in [2.24, 2.45) is 10.1 Å². The number of azide groups is 1. The molecular formula is C15H16F3N7O5. The highest BCUT2D eigenvalue weighted by Crippen LogP contribution is 2.30. The van der Waals surface area contributed by atoms with E-state index in [-0.39, 0.29) is 37.5 Å². The zero-order valence-electron chi connectivity index (χ0n) is 15.2. The largest absolute Gasteiger partial charge is 0.573 e. The van der Waals surface area contributed by atoms with Gasteiger partial charge in [-0.15, -0.1) is 13.2 Å².